The average Bonchev–Trinajstić information content (AvgIpc) is 3.74. The second-order valence-corrected chi connectivity index (χ2v) is 18.5. The summed E-state index contributed by atoms with van der Waals surface area (Å²) in [7, 11) is 0. The molecular weight excluding hydrogens is 793 g/mol. The molecule has 3 aromatic heterocycles. The van der Waals surface area contributed by atoms with Crippen molar-refractivity contribution >= 4 is 43.5 Å². The lowest BCUT2D eigenvalue weighted by Gasteiger charge is -2.34. The molecule has 0 saturated heterocycles. The molecule has 0 atom stereocenters. The third-order valence-corrected chi connectivity index (χ3v) is 13.5. The summed E-state index contributed by atoms with van der Waals surface area (Å²) in [6.45, 7) is 0.405. The van der Waals surface area contributed by atoms with Gasteiger partial charge in [-0.1, -0.05) is 98.8 Å². The third-order valence-electron chi connectivity index (χ3n) is 13.5. The predicted molar refractivity (Wildman–Crippen MR) is 271 cm³/mol. The Morgan fingerprint density at radius 2 is 1.37 bits per heavy atom. The highest BCUT2D eigenvalue weighted by Crippen LogP contribution is 2.46. The fraction of sp³-hybridized carbons (Fsp3) is 0.213. The molecule has 4 nitrogen and oxygen atoms in total. The van der Waals surface area contributed by atoms with Crippen LogP contribution in [0.2, 0.25) is 0 Å². The average molecular weight is 857 g/mol. The summed E-state index contributed by atoms with van der Waals surface area (Å²) in [6.07, 6.45) is 6.52. The molecule has 0 bridgehead atoms. The van der Waals surface area contributed by atoms with Gasteiger partial charge >= 0.3 is 0 Å². The summed E-state index contributed by atoms with van der Waals surface area (Å²) in [5.41, 5.74) is 7.99. The van der Waals surface area contributed by atoms with Crippen LogP contribution in [0.15, 0.2) is 150 Å². The van der Waals surface area contributed by atoms with Crippen LogP contribution in [0.4, 0.5) is 0 Å². The summed E-state index contributed by atoms with van der Waals surface area (Å²) < 4.78 is 99.5. The molecule has 0 unspecified atom stereocenters. The van der Waals surface area contributed by atoms with Crippen LogP contribution in [0, 0.1) is 39.8 Å². The highest BCUT2D eigenvalue weighted by molar-refractivity contribution is 6.17. The zero-order valence-electron chi connectivity index (χ0n) is 46.9. The lowest BCUT2D eigenvalue weighted by Crippen LogP contribution is -2.20. The van der Waals surface area contributed by atoms with E-state index in [1.807, 2.05) is 43.5 Å². The van der Waals surface area contributed by atoms with E-state index < -0.39 is 32.0 Å². The number of pyridine rings is 2. The molecule has 0 aliphatic heterocycles. The number of hydrogen-bond acceptors (Lipinski definition) is 4. The molecule has 4 heteroatoms. The van der Waals surface area contributed by atoms with Crippen LogP contribution in [0.5, 0.6) is 11.5 Å². The van der Waals surface area contributed by atoms with E-state index in [-0.39, 0.29) is 33.7 Å². The van der Waals surface area contributed by atoms with Crippen LogP contribution in [0.3, 0.4) is 0 Å². The smallest absolute Gasteiger partial charge is 0.145 e. The van der Waals surface area contributed by atoms with Crippen molar-refractivity contribution in [3.05, 3.63) is 179 Å². The Morgan fingerprint density at radius 3 is 2.18 bits per heavy atom. The number of nitrogens with zero attached hydrogens (tertiary/aromatic N) is 2. The van der Waals surface area contributed by atoms with Crippen molar-refractivity contribution in [2.75, 3.05) is 0 Å². The lowest BCUT2D eigenvalue weighted by molar-refractivity contribution is 0.224. The fourth-order valence-corrected chi connectivity index (χ4v) is 9.69. The molecule has 0 radical (unpaired) electrons. The van der Waals surface area contributed by atoms with E-state index in [0.717, 1.165) is 86.6 Å². The number of ether oxygens (including phenoxy) is 1. The molecule has 320 valence electrons. The van der Waals surface area contributed by atoms with Crippen molar-refractivity contribution in [3.8, 4) is 56.3 Å². The molecular formula is C61H54N2O2. The van der Waals surface area contributed by atoms with Crippen molar-refractivity contribution in [2.45, 2.75) is 79.8 Å². The fourth-order valence-electron chi connectivity index (χ4n) is 9.69. The summed E-state index contributed by atoms with van der Waals surface area (Å²) >= 11 is 0. The van der Waals surface area contributed by atoms with Crippen LogP contribution < -0.4 is 4.74 Å². The van der Waals surface area contributed by atoms with Crippen LogP contribution in [-0.2, 0) is 0 Å². The number of fused-ring (bicyclic) bond motifs is 6. The number of aryl methyl sites for hydroxylation is 4. The summed E-state index contributed by atoms with van der Waals surface area (Å²) in [4.78, 5) is 9.51. The van der Waals surface area contributed by atoms with Crippen molar-refractivity contribution < 1.29 is 22.9 Å². The van der Waals surface area contributed by atoms with Gasteiger partial charge in [-0.15, -0.1) is 0 Å². The Balaban J connectivity index is 1.12. The minimum absolute atomic E-state index is 0.0412. The van der Waals surface area contributed by atoms with Gasteiger partial charge in [-0.05, 0) is 197 Å². The molecule has 7 aromatic carbocycles. The van der Waals surface area contributed by atoms with Gasteiger partial charge in [0.2, 0.25) is 0 Å². The second-order valence-electron chi connectivity index (χ2n) is 18.5. The molecule has 1 fully saturated rings. The Morgan fingerprint density at radius 1 is 0.585 bits per heavy atom. The normalized spacial score (nSPS) is 17.5. The monoisotopic (exact) mass is 856 g/mol. The molecule has 11 rings (SSSR count). The molecule has 0 N–H and O–H groups in total. The van der Waals surface area contributed by atoms with E-state index in [1.165, 1.54) is 12.1 Å². The maximum atomic E-state index is 9.52. The zero-order valence-corrected chi connectivity index (χ0v) is 36.9. The van der Waals surface area contributed by atoms with Gasteiger partial charge in [-0.2, -0.15) is 0 Å². The first-order valence-corrected chi connectivity index (χ1v) is 22.3. The summed E-state index contributed by atoms with van der Waals surface area (Å²) in [5, 5.41) is 5.70. The van der Waals surface area contributed by atoms with Crippen LogP contribution in [0.25, 0.3) is 88.3 Å². The number of rotatable bonds is 7. The van der Waals surface area contributed by atoms with Crippen LogP contribution >= 0.6 is 0 Å². The SMILES string of the molecule is [2H]C([2H])([2H])c1cnc(-c2cc(Oc3cc(-c4cc(-c5ccc(C6([2H])CCC(C)(C)CC6)cc5C)c(C)cn4)c4oc5cc6c(ccc7ccccc76)cc5c4c3)c(C([2H])([2H])[2H])c(-c3ccccc3)c2)cc1C([2H])([2H])[2H]. The summed E-state index contributed by atoms with van der Waals surface area (Å²) in [5.74, 6) is -0.417. The van der Waals surface area contributed by atoms with E-state index >= 15 is 0 Å². The van der Waals surface area contributed by atoms with Gasteiger partial charge in [-0.3, -0.25) is 9.97 Å². The van der Waals surface area contributed by atoms with Gasteiger partial charge in [0.1, 0.15) is 22.7 Å². The third kappa shape index (κ3) is 7.45. The lowest BCUT2D eigenvalue weighted by atomic mass is 9.71. The maximum Gasteiger partial charge on any atom is 0.145 e. The Labute approximate surface area is 396 Å². The van der Waals surface area contributed by atoms with Crippen molar-refractivity contribution in [3.63, 3.8) is 0 Å². The largest absolute Gasteiger partial charge is 0.457 e. The molecule has 1 saturated carbocycles. The quantitative estimate of drug-likeness (QED) is 0.150. The minimum atomic E-state index is -2.80. The number of furan rings is 1. The molecule has 10 aromatic rings. The van der Waals surface area contributed by atoms with Gasteiger partial charge in [0.15, 0.2) is 0 Å². The van der Waals surface area contributed by atoms with Crippen molar-refractivity contribution in [1.29, 1.82) is 0 Å². The van der Waals surface area contributed by atoms with E-state index in [2.05, 4.69) is 80.4 Å². The van der Waals surface area contributed by atoms with E-state index in [1.54, 1.807) is 36.4 Å². The minimum Gasteiger partial charge on any atom is -0.457 e. The maximum absolute atomic E-state index is 9.52. The Hall–Kier alpha value is -7.04. The van der Waals surface area contributed by atoms with Gasteiger partial charge in [-0.25, -0.2) is 0 Å². The van der Waals surface area contributed by atoms with Gasteiger partial charge in [0, 0.05) is 48.0 Å². The summed E-state index contributed by atoms with van der Waals surface area (Å²) in [6, 6.07) is 42.0. The molecule has 3 heterocycles. The van der Waals surface area contributed by atoms with Crippen molar-refractivity contribution in [1.82, 2.24) is 9.97 Å². The van der Waals surface area contributed by atoms with Gasteiger partial charge in [0.25, 0.3) is 0 Å². The second kappa shape index (κ2) is 15.9. The first kappa shape index (κ1) is 30.9. The van der Waals surface area contributed by atoms with Crippen molar-refractivity contribution in [2.24, 2.45) is 5.41 Å². The zero-order chi connectivity index (χ0) is 53.0. The Kier molecular flexibility index (Phi) is 7.56. The van der Waals surface area contributed by atoms with Gasteiger partial charge < -0.3 is 9.15 Å². The van der Waals surface area contributed by atoms with E-state index in [0.29, 0.717) is 44.5 Å². The first-order chi connectivity index (χ1) is 35.4. The highest BCUT2D eigenvalue weighted by atomic mass is 16.5. The molecule has 1 aliphatic carbocycles. The molecule has 0 spiro atoms. The molecule has 1 aliphatic rings. The van der Waals surface area contributed by atoms with Gasteiger partial charge in [0.05, 0.1) is 11.4 Å². The van der Waals surface area contributed by atoms with E-state index in [4.69, 9.17) is 26.5 Å². The Bertz CT molecular complexity index is 3900. The number of hydrogen-bond donors (Lipinski definition) is 0. The standard InChI is InChI=1S/C61H54N2O2/c1-36-26-56(62-34-38(36)3)46-28-51(42-13-9-8-10-14-42)40(5)58(29-46)64-47-30-54-53-27-45-18-17-43-15-11-12-16-49(43)52(45)33-59(53)65-60(54)55(31-47)57-32-50(39(4)35-63-57)48-20-19-44(25-37(48)2)41-21-23-61(6,7)24-22-41/h8-20,25-35,41H,21-24H2,1-7H3/i1D3,3D3,5D3,41D. The number of benzene rings is 7. The van der Waals surface area contributed by atoms with Crippen LogP contribution in [-0.4, -0.2) is 9.97 Å². The topological polar surface area (TPSA) is 48.2 Å². The van der Waals surface area contributed by atoms with Crippen LogP contribution in [0.1, 0.15) is 92.5 Å². The number of aromatic nitrogens is 2. The molecule has 0 amide bonds. The predicted octanol–water partition coefficient (Wildman–Crippen LogP) is 17.4. The molecule has 65 heavy (non-hydrogen) atoms. The highest BCUT2D eigenvalue weighted by Gasteiger charge is 2.28. The van der Waals surface area contributed by atoms with E-state index in [9.17, 15) is 1.37 Å². The first-order valence-electron chi connectivity index (χ1n) is 27.3.